The lowest BCUT2D eigenvalue weighted by Crippen LogP contribution is -2.21. The first-order chi connectivity index (χ1) is 12.3. The van der Waals surface area contributed by atoms with Gasteiger partial charge in [-0.05, 0) is 30.3 Å². The summed E-state index contributed by atoms with van der Waals surface area (Å²) in [6.07, 6.45) is -3.27. The Morgan fingerprint density at radius 3 is 2.54 bits per heavy atom. The molecule has 3 aromatic rings. The number of aromatic nitrogens is 1. The Kier molecular flexibility index (Phi) is 4.50. The first-order valence-electron chi connectivity index (χ1n) is 7.50. The number of para-hydroxylation sites is 1. The van der Waals surface area contributed by atoms with E-state index >= 15 is 0 Å². The minimum atomic E-state index is -4.53. The molecule has 0 aliphatic carbocycles. The van der Waals surface area contributed by atoms with Crippen LogP contribution in [0.25, 0.3) is 10.9 Å². The number of hydrogen-bond donors (Lipinski definition) is 1. The van der Waals surface area contributed by atoms with E-state index in [4.69, 9.17) is 0 Å². The molecule has 0 aliphatic rings. The topological polar surface area (TPSA) is 51.1 Å². The molecule has 0 atom stereocenters. The van der Waals surface area contributed by atoms with Gasteiger partial charge in [0.25, 0.3) is 0 Å². The first-order valence-corrected chi connectivity index (χ1v) is 7.50. The van der Waals surface area contributed by atoms with Gasteiger partial charge in [-0.2, -0.15) is 13.2 Å². The van der Waals surface area contributed by atoms with Crippen molar-refractivity contribution in [1.82, 2.24) is 4.57 Å². The third-order valence-corrected chi connectivity index (χ3v) is 3.73. The second-order valence-corrected chi connectivity index (χ2v) is 5.57. The smallest absolute Gasteiger partial charge is 0.335 e. The molecule has 0 saturated heterocycles. The summed E-state index contributed by atoms with van der Waals surface area (Å²) in [7, 11) is 0. The number of carbonyl (C=O) groups is 1. The van der Waals surface area contributed by atoms with E-state index in [1.165, 1.54) is 41.1 Å². The third kappa shape index (κ3) is 3.58. The fraction of sp³-hybridized carbons (Fsp3) is 0.111. The molecule has 0 fully saturated rings. The number of amides is 1. The SMILES string of the molecule is O=C(Cn1ccc(=O)c2cccc(F)c21)Nc1cccc(C(F)(F)F)c1. The standard InChI is InChI=1S/C18H12F4N2O2/c19-14-6-2-5-13-15(25)7-8-24(17(13)14)10-16(26)23-12-4-1-3-11(9-12)18(20,21)22/h1-9H,10H2,(H,23,26). The summed E-state index contributed by atoms with van der Waals surface area (Å²) in [5.41, 5.74) is -1.36. The molecule has 0 saturated carbocycles. The maximum Gasteiger partial charge on any atom is 0.416 e. The van der Waals surface area contributed by atoms with E-state index in [0.29, 0.717) is 0 Å². The van der Waals surface area contributed by atoms with E-state index in [9.17, 15) is 27.2 Å². The van der Waals surface area contributed by atoms with Crippen LogP contribution in [0.5, 0.6) is 0 Å². The highest BCUT2D eigenvalue weighted by Crippen LogP contribution is 2.30. The van der Waals surface area contributed by atoms with E-state index in [2.05, 4.69) is 5.32 Å². The zero-order chi connectivity index (χ0) is 18.9. The molecule has 1 heterocycles. The van der Waals surface area contributed by atoms with Crippen molar-refractivity contribution in [3.05, 3.63) is 76.3 Å². The van der Waals surface area contributed by atoms with Crippen LogP contribution >= 0.6 is 0 Å². The quantitative estimate of drug-likeness (QED) is 0.719. The lowest BCUT2D eigenvalue weighted by atomic mass is 10.2. The average molecular weight is 364 g/mol. The van der Waals surface area contributed by atoms with E-state index < -0.39 is 28.9 Å². The molecule has 0 aliphatic heterocycles. The highest BCUT2D eigenvalue weighted by atomic mass is 19.4. The third-order valence-electron chi connectivity index (χ3n) is 3.73. The second kappa shape index (κ2) is 6.62. The number of rotatable bonds is 3. The van der Waals surface area contributed by atoms with Crippen molar-refractivity contribution in [2.75, 3.05) is 5.32 Å². The zero-order valence-electron chi connectivity index (χ0n) is 13.2. The van der Waals surface area contributed by atoms with E-state index in [-0.39, 0.29) is 23.1 Å². The van der Waals surface area contributed by atoms with E-state index in [0.717, 1.165) is 18.2 Å². The number of alkyl halides is 3. The summed E-state index contributed by atoms with van der Waals surface area (Å²) in [5, 5.41) is 2.45. The Labute approximate surface area is 144 Å². The summed E-state index contributed by atoms with van der Waals surface area (Å²) >= 11 is 0. The van der Waals surface area contributed by atoms with Gasteiger partial charge in [0.05, 0.1) is 11.1 Å². The first kappa shape index (κ1) is 17.7. The number of pyridine rings is 1. The van der Waals surface area contributed by atoms with Crippen LogP contribution < -0.4 is 10.7 Å². The van der Waals surface area contributed by atoms with E-state index in [1.807, 2.05) is 0 Å². The van der Waals surface area contributed by atoms with Gasteiger partial charge in [0.15, 0.2) is 5.43 Å². The highest BCUT2D eigenvalue weighted by molar-refractivity contribution is 5.92. The average Bonchev–Trinajstić information content (AvgIpc) is 2.57. The summed E-state index contributed by atoms with van der Waals surface area (Å²) < 4.78 is 53.5. The zero-order valence-corrected chi connectivity index (χ0v) is 13.2. The molecule has 4 nitrogen and oxygen atoms in total. The Morgan fingerprint density at radius 1 is 1.08 bits per heavy atom. The van der Waals surface area contributed by atoms with Crippen LogP contribution in [0, 0.1) is 5.82 Å². The van der Waals surface area contributed by atoms with Crippen molar-refractivity contribution < 1.29 is 22.4 Å². The minimum absolute atomic E-state index is 0.0318. The lowest BCUT2D eigenvalue weighted by Gasteiger charge is -2.13. The second-order valence-electron chi connectivity index (χ2n) is 5.57. The molecule has 1 N–H and O–H groups in total. The maximum absolute atomic E-state index is 14.1. The number of nitrogens with zero attached hydrogens (tertiary/aromatic N) is 1. The molecular formula is C18H12F4N2O2. The summed E-state index contributed by atoms with van der Waals surface area (Å²) in [4.78, 5) is 24.0. The fourth-order valence-corrected chi connectivity index (χ4v) is 2.59. The van der Waals surface area contributed by atoms with Gasteiger partial charge < -0.3 is 9.88 Å². The molecule has 8 heteroatoms. The largest absolute Gasteiger partial charge is 0.416 e. The molecule has 3 rings (SSSR count). The normalized spacial score (nSPS) is 11.5. The van der Waals surface area contributed by atoms with Gasteiger partial charge in [-0.15, -0.1) is 0 Å². The number of hydrogen-bond acceptors (Lipinski definition) is 2. The molecule has 0 radical (unpaired) electrons. The molecule has 1 amide bonds. The summed E-state index contributed by atoms with van der Waals surface area (Å²) in [6, 6.07) is 9.35. The molecule has 0 spiro atoms. The van der Waals surface area contributed by atoms with Crippen molar-refractivity contribution in [2.24, 2.45) is 0 Å². The lowest BCUT2D eigenvalue weighted by molar-refractivity contribution is -0.137. The van der Waals surface area contributed by atoms with Crippen molar-refractivity contribution >= 4 is 22.5 Å². The van der Waals surface area contributed by atoms with Gasteiger partial charge in [-0.1, -0.05) is 12.1 Å². The van der Waals surface area contributed by atoms with Crippen molar-refractivity contribution in [2.45, 2.75) is 12.7 Å². The number of fused-ring (bicyclic) bond motifs is 1. The summed E-state index contributed by atoms with van der Waals surface area (Å²) in [5.74, 6) is -1.33. The molecule has 134 valence electrons. The Hall–Kier alpha value is -3.16. The van der Waals surface area contributed by atoms with Gasteiger partial charge in [-0.3, -0.25) is 9.59 Å². The monoisotopic (exact) mass is 364 g/mol. The van der Waals surface area contributed by atoms with Crippen molar-refractivity contribution in [1.29, 1.82) is 0 Å². The Bertz CT molecular complexity index is 1040. The predicted octanol–water partition coefficient (Wildman–Crippen LogP) is 3.80. The predicted molar refractivity (Wildman–Crippen MR) is 88.2 cm³/mol. The molecule has 0 unspecified atom stereocenters. The Balaban J connectivity index is 1.87. The number of nitrogens with one attached hydrogen (secondary N) is 1. The van der Waals surface area contributed by atoms with Crippen LogP contribution in [0.3, 0.4) is 0 Å². The van der Waals surface area contributed by atoms with Gasteiger partial charge in [0, 0.05) is 23.3 Å². The van der Waals surface area contributed by atoms with Gasteiger partial charge >= 0.3 is 6.18 Å². The van der Waals surface area contributed by atoms with Crippen LogP contribution in [-0.4, -0.2) is 10.5 Å². The van der Waals surface area contributed by atoms with Crippen LogP contribution in [0.1, 0.15) is 5.56 Å². The number of anilines is 1. The van der Waals surface area contributed by atoms with Crippen LogP contribution in [0.15, 0.2) is 59.5 Å². The van der Waals surface area contributed by atoms with Crippen molar-refractivity contribution in [3.8, 4) is 0 Å². The van der Waals surface area contributed by atoms with Gasteiger partial charge in [0.2, 0.25) is 5.91 Å². The van der Waals surface area contributed by atoms with E-state index in [1.54, 1.807) is 0 Å². The molecule has 0 bridgehead atoms. The van der Waals surface area contributed by atoms with Crippen molar-refractivity contribution in [3.63, 3.8) is 0 Å². The molecular weight excluding hydrogens is 352 g/mol. The molecule has 26 heavy (non-hydrogen) atoms. The molecule has 1 aromatic heterocycles. The summed E-state index contributed by atoms with van der Waals surface area (Å²) in [6.45, 7) is -0.367. The van der Waals surface area contributed by atoms with Gasteiger partial charge in [-0.25, -0.2) is 4.39 Å². The number of halogens is 4. The van der Waals surface area contributed by atoms with Crippen LogP contribution in [-0.2, 0) is 17.5 Å². The van der Waals surface area contributed by atoms with Crippen LogP contribution in [0.4, 0.5) is 23.2 Å². The fourth-order valence-electron chi connectivity index (χ4n) is 2.59. The Morgan fingerprint density at radius 2 is 1.81 bits per heavy atom. The van der Waals surface area contributed by atoms with Crippen LogP contribution in [0.2, 0.25) is 0 Å². The van der Waals surface area contributed by atoms with Gasteiger partial charge in [0.1, 0.15) is 12.4 Å². The minimum Gasteiger partial charge on any atom is -0.335 e. The maximum atomic E-state index is 14.1. The molecule has 2 aromatic carbocycles. The highest BCUT2D eigenvalue weighted by Gasteiger charge is 2.30. The number of benzene rings is 2. The number of carbonyl (C=O) groups excluding carboxylic acids is 1.